The van der Waals surface area contributed by atoms with Crippen LogP contribution in [-0.2, 0) is 6.54 Å². The molecule has 0 saturated heterocycles. The van der Waals surface area contributed by atoms with E-state index in [0.29, 0.717) is 12.1 Å². The fourth-order valence-electron chi connectivity index (χ4n) is 2.45. The molecular formula is C18H15BrN2O. The third-order valence-electron chi connectivity index (χ3n) is 3.56. The average Bonchev–Trinajstić information content (AvgIpc) is 2.56. The van der Waals surface area contributed by atoms with Crippen LogP contribution in [0.2, 0.25) is 0 Å². The van der Waals surface area contributed by atoms with Crippen molar-refractivity contribution in [2.45, 2.75) is 6.54 Å². The highest BCUT2D eigenvalue weighted by Crippen LogP contribution is 2.26. The SMILES string of the molecule is CN(Cc1ccccc1)C(=O)c1ccc(Br)c2cccnc12. The minimum absolute atomic E-state index is 0.0277. The summed E-state index contributed by atoms with van der Waals surface area (Å²) in [5, 5.41) is 0.946. The number of carbonyl (C=O) groups excluding carboxylic acids is 1. The van der Waals surface area contributed by atoms with Crippen LogP contribution in [0.15, 0.2) is 65.3 Å². The minimum Gasteiger partial charge on any atom is -0.337 e. The Morgan fingerprint density at radius 3 is 2.64 bits per heavy atom. The highest BCUT2D eigenvalue weighted by molar-refractivity contribution is 9.10. The molecule has 0 aliphatic carbocycles. The van der Waals surface area contributed by atoms with Gasteiger partial charge in [0.2, 0.25) is 0 Å². The Morgan fingerprint density at radius 1 is 1.09 bits per heavy atom. The van der Waals surface area contributed by atoms with Crippen molar-refractivity contribution in [3.05, 3.63) is 76.4 Å². The molecule has 0 fully saturated rings. The van der Waals surface area contributed by atoms with E-state index in [9.17, 15) is 4.79 Å². The number of halogens is 1. The van der Waals surface area contributed by atoms with Crippen molar-refractivity contribution in [1.82, 2.24) is 9.88 Å². The van der Waals surface area contributed by atoms with Crippen LogP contribution in [0.25, 0.3) is 10.9 Å². The van der Waals surface area contributed by atoms with Crippen molar-refractivity contribution in [2.24, 2.45) is 0 Å². The quantitative estimate of drug-likeness (QED) is 0.703. The van der Waals surface area contributed by atoms with Crippen molar-refractivity contribution in [3.8, 4) is 0 Å². The van der Waals surface area contributed by atoms with Crippen LogP contribution in [0, 0.1) is 0 Å². The summed E-state index contributed by atoms with van der Waals surface area (Å²) in [5.74, 6) is -0.0277. The summed E-state index contributed by atoms with van der Waals surface area (Å²) in [7, 11) is 1.81. The Kier molecular flexibility index (Phi) is 4.20. The maximum Gasteiger partial charge on any atom is 0.256 e. The molecule has 0 aliphatic heterocycles. The largest absolute Gasteiger partial charge is 0.337 e. The van der Waals surface area contributed by atoms with E-state index in [1.807, 2.05) is 61.6 Å². The number of nitrogens with zero attached hydrogens (tertiary/aromatic N) is 2. The molecule has 1 aromatic heterocycles. The van der Waals surface area contributed by atoms with Gasteiger partial charge in [0.1, 0.15) is 0 Å². The Balaban J connectivity index is 1.94. The zero-order chi connectivity index (χ0) is 15.5. The molecule has 0 unspecified atom stereocenters. The summed E-state index contributed by atoms with van der Waals surface area (Å²) in [4.78, 5) is 18.8. The predicted octanol–water partition coefficient (Wildman–Crippen LogP) is 4.27. The zero-order valence-electron chi connectivity index (χ0n) is 12.2. The summed E-state index contributed by atoms with van der Waals surface area (Å²) in [6.45, 7) is 0.573. The summed E-state index contributed by atoms with van der Waals surface area (Å²) >= 11 is 3.51. The van der Waals surface area contributed by atoms with Crippen LogP contribution in [0.4, 0.5) is 0 Å². The van der Waals surface area contributed by atoms with Gasteiger partial charge in [-0.1, -0.05) is 52.3 Å². The molecule has 3 rings (SSSR count). The second kappa shape index (κ2) is 6.28. The fraction of sp³-hybridized carbons (Fsp3) is 0.111. The lowest BCUT2D eigenvalue weighted by Gasteiger charge is -2.18. The number of hydrogen-bond donors (Lipinski definition) is 0. The monoisotopic (exact) mass is 354 g/mol. The molecule has 0 atom stereocenters. The van der Waals surface area contributed by atoms with Crippen LogP contribution < -0.4 is 0 Å². The summed E-state index contributed by atoms with van der Waals surface area (Å²) in [6.07, 6.45) is 1.71. The number of pyridine rings is 1. The van der Waals surface area contributed by atoms with Gasteiger partial charge in [-0.05, 0) is 23.8 Å². The van der Waals surface area contributed by atoms with Crippen molar-refractivity contribution >= 4 is 32.7 Å². The van der Waals surface area contributed by atoms with E-state index in [1.165, 1.54) is 0 Å². The molecule has 3 aromatic rings. The van der Waals surface area contributed by atoms with Crippen LogP contribution in [0.1, 0.15) is 15.9 Å². The van der Waals surface area contributed by atoms with E-state index in [0.717, 1.165) is 20.9 Å². The normalized spacial score (nSPS) is 10.6. The number of carbonyl (C=O) groups is 1. The van der Waals surface area contributed by atoms with Crippen LogP contribution in [-0.4, -0.2) is 22.8 Å². The first-order chi connectivity index (χ1) is 10.7. The Bertz CT molecular complexity index is 818. The summed E-state index contributed by atoms with van der Waals surface area (Å²) < 4.78 is 0.942. The Morgan fingerprint density at radius 2 is 1.86 bits per heavy atom. The van der Waals surface area contributed by atoms with Gasteiger partial charge in [0.25, 0.3) is 5.91 Å². The van der Waals surface area contributed by atoms with Gasteiger partial charge < -0.3 is 4.90 Å². The van der Waals surface area contributed by atoms with Gasteiger partial charge in [-0.3, -0.25) is 9.78 Å². The summed E-state index contributed by atoms with van der Waals surface area (Å²) in [5.41, 5.74) is 2.45. The van der Waals surface area contributed by atoms with Gasteiger partial charge in [0.05, 0.1) is 11.1 Å². The maximum absolute atomic E-state index is 12.7. The van der Waals surface area contributed by atoms with E-state index in [4.69, 9.17) is 0 Å². The molecule has 0 bridgehead atoms. The van der Waals surface area contributed by atoms with Gasteiger partial charge in [-0.25, -0.2) is 0 Å². The number of hydrogen-bond acceptors (Lipinski definition) is 2. The van der Waals surface area contributed by atoms with Crippen molar-refractivity contribution in [3.63, 3.8) is 0 Å². The minimum atomic E-state index is -0.0277. The first-order valence-corrected chi connectivity index (χ1v) is 7.79. The number of aromatic nitrogens is 1. The van der Waals surface area contributed by atoms with Crippen molar-refractivity contribution < 1.29 is 4.79 Å². The first-order valence-electron chi connectivity index (χ1n) is 6.99. The second-order valence-electron chi connectivity index (χ2n) is 5.14. The van der Waals surface area contributed by atoms with E-state index >= 15 is 0 Å². The molecule has 1 amide bonds. The molecule has 0 N–H and O–H groups in total. The molecule has 110 valence electrons. The maximum atomic E-state index is 12.7. The molecule has 3 nitrogen and oxygen atoms in total. The molecule has 22 heavy (non-hydrogen) atoms. The first kappa shape index (κ1) is 14.7. The van der Waals surface area contributed by atoms with Crippen LogP contribution in [0.3, 0.4) is 0 Å². The Labute approximate surface area is 137 Å². The smallest absolute Gasteiger partial charge is 0.256 e. The van der Waals surface area contributed by atoms with Gasteiger partial charge in [-0.15, -0.1) is 0 Å². The topological polar surface area (TPSA) is 33.2 Å². The van der Waals surface area contributed by atoms with Gasteiger partial charge in [-0.2, -0.15) is 0 Å². The lowest BCUT2D eigenvalue weighted by Crippen LogP contribution is -2.26. The molecule has 0 aliphatic rings. The van der Waals surface area contributed by atoms with Crippen LogP contribution in [0.5, 0.6) is 0 Å². The highest BCUT2D eigenvalue weighted by Gasteiger charge is 2.16. The van der Waals surface area contributed by atoms with Gasteiger partial charge >= 0.3 is 0 Å². The lowest BCUT2D eigenvalue weighted by molar-refractivity contribution is 0.0787. The molecule has 1 heterocycles. The number of amides is 1. The molecule has 0 radical (unpaired) electrons. The number of benzene rings is 2. The number of fused-ring (bicyclic) bond motifs is 1. The number of rotatable bonds is 3. The van der Waals surface area contributed by atoms with Crippen molar-refractivity contribution in [1.29, 1.82) is 0 Å². The van der Waals surface area contributed by atoms with E-state index < -0.39 is 0 Å². The molecule has 4 heteroatoms. The van der Waals surface area contributed by atoms with Crippen LogP contribution >= 0.6 is 15.9 Å². The van der Waals surface area contributed by atoms with Crippen molar-refractivity contribution in [2.75, 3.05) is 7.05 Å². The molecule has 2 aromatic carbocycles. The standard InChI is InChI=1S/C18H15BrN2O/c1-21(12-13-6-3-2-4-7-13)18(22)15-9-10-16(19)14-8-5-11-20-17(14)15/h2-11H,12H2,1H3. The second-order valence-corrected chi connectivity index (χ2v) is 6.00. The van der Waals surface area contributed by atoms with Gasteiger partial charge in [0, 0.05) is 29.6 Å². The van der Waals surface area contributed by atoms with E-state index in [2.05, 4.69) is 20.9 Å². The zero-order valence-corrected chi connectivity index (χ0v) is 13.7. The summed E-state index contributed by atoms with van der Waals surface area (Å²) in [6, 6.07) is 17.5. The Hall–Kier alpha value is -2.20. The molecule has 0 saturated carbocycles. The molecular weight excluding hydrogens is 340 g/mol. The average molecular weight is 355 g/mol. The molecule has 0 spiro atoms. The van der Waals surface area contributed by atoms with E-state index in [1.54, 1.807) is 11.1 Å². The predicted molar refractivity (Wildman–Crippen MR) is 91.7 cm³/mol. The fourth-order valence-corrected chi connectivity index (χ4v) is 2.90. The third-order valence-corrected chi connectivity index (χ3v) is 4.25. The van der Waals surface area contributed by atoms with E-state index in [-0.39, 0.29) is 5.91 Å². The lowest BCUT2D eigenvalue weighted by atomic mass is 10.1. The third kappa shape index (κ3) is 2.88. The van der Waals surface area contributed by atoms with Gasteiger partial charge in [0.15, 0.2) is 0 Å². The highest BCUT2D eigenvalue weighted by atomic mass is 79.9.